The minimum atomic E-state index is -0.795. The number of esters is 1. The van der Waals surface area contributed by atoms with Gasteiger partial charge in [-0.15, -0.1) is 11.3 Å². The van der Waals surface area contributed by atoms with Crippen LogP contribution in [0.15, 0.2) is 41.8 Å². The van der Waals surface area contributed by atoms with Crippen LogP contribution in [-0.2, 0) is 14.3 Å². The first-order valence-electron chi connectivity index (χ1n) is 9.04. The number of thiophene rings is 1. The van der Waals surface area contributed by atoms with E-state index in [9.17, 15) is 19.2 Å². The summed E-state index contributed by atoms with van der Waals surface area (Å²) < 4.78 is 10.3. The molecule has 0 atom stereocenters. The lowest BCUT2D eigenvalue weighted by Gasteiger charge is -2.08. The van der Waals surface area contributed by atoms with Crippen molar-refractivity contribution in [3.05, 3.63) is 52.2 Å². The molecule has 29 heavy (non-hydrogen) atoms. The SMILES string of the molecule is CCCCOc1ccc(C(=O)NCC(=O)OCC(=O)NC(=O)c2cccs2)cc1. The Balaban J connectivity index is 1.68. The van der Waals surface area contributed by atoms with Gasteiger partial charge in [-0.2, -0.15) is 0 Å². The van der Waals surface area contributed by atoms with Crippen molar-refractivity contribution >= 4 is 35.0 Å². The molecule has 1 aromatic carbocycles. The quantitative estimate of drug-likeness (QED) is 0.452. The third kappa shape index (κ3) is 7.74. The number of rotatable bonds is 10. The molecule has 3 amide bonds. The molecule has 1 heterocycles. The molecule has 2 aromatic rings. The van der Waals surface area contributed by atoms with Crippen molar-refractivity contribution < 1.29 is 28.7 Å². The Morgan fingerprint density at radius 3 is 2.45 bits per heavy atom. The van der Waals surface area contributed by atoms with E-state index in [-0.39, 0.29) is 0 Å². The second-order valence-corrected chi connectivity index (χ2v) is 6.87. The fraction of sp³-hybridized carbons (Fsp3) is 0.300. The van der Waals surface area contributed by atoms with Crippen LogP contribution in [0.5, 0.6) is 5.75 Å². The van der Waals surface area contributed by atoms with Gasteiger partial charge in [0, 0.05) is 5.56 Å². The summed E-state index contributed by atoms with van der Waals surface area (Å²) in [5.41, 5.74) is 0.361. The van der Waals surface area contributed by atoms with Crippen molar-refractivity contribution in [2.24, 2.45) is 0 Å². The van der Waals surface area contributed by atoms with E-state index < -0.39 is 36.8 Å². The van der Waals surface area contributed by atoms with Gasteiger partial charge in [-0.1, -0.05) is 19.4 Å². The van der Waals surface area contributed by atoms with E-state index in [1.54, 1.807) is 41.8 Å². The second kappa shape index (κ2) is 11.6. The molecule has 8 nitrogen and oxygen atoms in total. The van der Waals surface area contributed by atoms with Crippen LogP contribution in [-0.4, -0.2) is 43.4 Å². The van der Waals surface area contributed by atoms with Gasteiger partial charge < -0.3 is 14.8 Å². The van der Waals surface area contributed by atoms with Gasteiger partial charge in [-0.05, 0) is 42.1 Å². The molecule has 0 spiro atoms. The molecule has 0 saturated heterocycles. The van der Waals surface area contributed by atoms with Crippen molar-refractivity contribution in [2.75, 3.05) is 19.8 Å². The summed E-state index contributed by atoms with van der Waals surface area (Å²) in [6.07, 6.45) is 1.98. The Morgan fingerprint density at radius 1 is 1.03 bits per heavy atom. The number of hydrogen-bond donors (Lipinski definition) is 2. The van der Waals surface area contributed by atoms with Crippen LogP contribution in [0.2, 0.25) is 0 Å². The van der Waals surface area contributed by atoms with E-state index in [4.69, 9.17) is 9.47 Å². The van der Waals surface area contributed by atoms with Crippen molar-refractivity contribution in [1.82, 2.24) is 10.6 Å². The zero-order chi connectivity index (χ0) is 21.1. The number of amides is 3. The first-order valence-corrected chi connectivity index (χ1v) is 9.92. The predicted octanol–water partition coefficient (Wildman–Crippen LogP) is 2.16. The number of unbranched alkanes of at least 4 members (excludes halogenated alkanes) is 1. The lowest BCUT2D eigenvalue weighted by molar-refractivity contribution is -0.147. The Morgan fingerprint density at radius 2 is 1.79 bits per heavy atom. The minimum absolute atomic E-state index is 0.361. The van der Waals surface area contributed by atoms with Gasteiger partial charge in [0.05, 0.1) is 11.5 Å². The van der Waals surface area contributed by atoms with Crippen LogP contribution in [0, 0.1) is 0 Å². The maximum absolute atomic E-state index is 12.1. The molecule has 154 valence electrons. The van der Waals surface area contributed by atoms with E-state index in [0.717, 1.165) is 12.8 Å². The fourth-order valence-corrected chi connectivity index (χ4v) is 2.74. The average Bonchev–Trinajstić information content (AvgIpc) is 3.26. The van der Waals surface area contributed by atoms with Gasteiger partial charge in [-0.25, -0.2) is 0 Å². The lowest BCUT2D eigenvalue weighted by atomic mass is 10.2. The van der Waals surface area contributed by atoms with Gasteiger partial charge in [0.2, 0.25) is 0 Å². The Hall–Kier alpha value is -3.20. The normalized spacial score (nSPS) is 10.1. The third-order valence-corrected chi connectivity index (χ3v) is 4.51. The number of nitrogens with one attached hydrogen (secondary N) is 2. The van der Waals surface area contributed by atoms with E-state index in [2.05, 4.69) is 17.6 Å². The zero-order valence-corrected chi connectivity index (χ0v) is 16.8. The van der Waals surface area contributed by atoms with Gasteiger partial charge >= 0.3 is 5.97 Å². The highest BCUT2D eigenvalue weighted by atomic mass is 32.1. The second-order valence-electron chi connectivity index (χ2n) is 5.92. The van der Waals surface area contributed by atoms with Crippen LogP contribution < -0.4 is 15.4 Å². The molecule has 0 bridgehead atoms. The first kappa shape index (κ1) is 22.1. The molecule has 0 aliphatic rings. The number of imide groups is 1. The van der Waals surface area contributed by atoms with Crippen LogP contribution in [0.3, 0.4) is 0 Å². The minimum Gasteiger partial charge on any atom is -0.494 e. The molecular weight excluding hydrogens is 396 g/mol. The molecule has 0 radical (unpaired) electrons. The van der Waals surface area contributed by atoms with Crippen LogP contribution in [0.25, 0.3) is 0 Å². The lowest BCUT2D eigenvalue weighted by Crippen LogP contribution is -2.36. The zero-order valence-electron chi connectivity index (χ0n) is 15.9. The fourth-order valence-electron chi connectivity index (χ4n) is 2.12. The number of carbonyl (C=O) groups is 4. The standard InChI is InChI=1S/C20H22N2O6S/c1-2-3-10-27-15-8-6-14(7-9-15)19(25)21-12-18(24)28-13-17(23)22-20(26)16-5-4-11-29-16/h4-9,11H,2-3,10,12-13H2,1H3,(H,21,25)(H,22,23,26). The maximum atomic E-state index is 12.1. The number of ether oxygens (including phenoxy) is 2. The van der Waals surface area contributed by atoms with Crippen molar-refractivity contribution in [2.45, 2.75) is 19.8 Å². The summed E-state index contributed by atoms with van der Waals surface area (Å²) in [5.74, 6) is -1.90. The van der Waals surface area contributed by atoms with E-state index in [1.807, 2.05) is 0 Å². The molecule has 0 unspecified atom stereocenters. The smallest absolute Gasteiger partial charge is 0.325 e. The summed E-state index contributed by atoms with van der Waals surface area (Å²) >= 11 is 1.18. The Bertz CT molecular complexity index is 833. The third-order valence-electron chi connectivity index (χ3n) is 3.64. The molecular formula is C20H22N2O6S. The van der Waals surface area contributed by atoms with Gasteiger partial charge in [0.15, 0.2) is 6.61 Å². The van der Waals surface area contributed by atoms with Gasteiger partial charge in [0.1, 0.15) is 12.3 Å². The Labute approximate surface area is 172 Å². The van der Waals surface area contributed by atoms with E-state index in [1.165, 1.54) is 11.3 Å². The van der Waals surface area contributed by atoms with Crippen molar-refractivity contribution in [3.63, 3.8) is 0 Å². The molecule has 0 saturated carbocycles. The largest absolute Gasteiger partial charge is 0.494 e. The maximum Gasteiger partial charge on any atom is 0.325 e. The van der Waals surface area contributed by atoms with Crippen LogP contribution in [0.4, 0.5) is 0 Å². The molecule has 0 aliphatic heterocycles. The molecule has 0 fully saturated rings. The molecule has 2 N–H and O–H groups in total. The molecule has 0 aliphatic carbocycles. The molecule has 1 aromatic heterocycles. The average molecular weight is 418 g/mol. The van der Waals surface area contributed by atoms with Gasteiger partial charge in [-0.3, -0.25) is 24.5 Å². The summed E-state index contributed by atoms with van der Waals surface area (Å²) in [6, 6.07) is 9.78. The monoisotopic (exact) mass is 418 g/mol. The highest BCUT2D eigenvalue weighted by Crippen LogP contribution is 2.12. The van der Waals surface area contributed by atoms with E-state index >= 15 is 0 Å². The molecule has 9 heteroatoms. The summed E-state index contributed by atoms with van der Waals surface area (Å²) in [7, 11) is 0. The summed E-state index contributed by atoms with van der Waals surface area (Å²) in [4.78, 5) is 47.4. The number of benzene rings is 1. The number of carbonyl (C=O) groups excluding carboxylic acids is 4. The number of hydrogen-bond acceptors (Lipinski definition) is 7. The van der Waals surface area contributed by atoms with Crippen LogP contribution >= 0.6 is 11.3 Å². The van der Waals surface area contributed by atoms with Crippen molar-refractivity contribution in [1.29, 1.82) is 0 Å². The summed E-state index contributed by atoms with van der Waals surface area (Å²) in [6.45, 7) is 1.66. The van der Waals surface area contributed by atoms with Crippen molar-refractivity contribution in [3.8, 4) is 5.75 Å². The van der Waals surface area contributed by atoms with Crippen LogP contribution in [0.1, 0.15) is 39.8 Å². The van der Waals surface area contributed by atoms with E-state index in [0.29, 0.717) is 22.8 Å². The first-order chi connectivity index (χ1) is 14.0. The predicted molar refractivity (Wildman–Crippen MR) is 107 cm³/mol. The summed E-state index contributed by atoms with van der Waals surface area (Å²) in [5, 5.41) is 6.22. The highest BCUT2D eigenvalue weighted by molar-refractivity contribution is 7.12. The topological polar surface area (TPSA) is 111 Å². The molecule has 2 rings (SSSR count). The highest BCUT2D eigenvalue weighted by Gasteiger charge is 2.14. The van der Waals surface area contributed by atoms with Gasteiger partial charge in [0.25, 0.3) is 17.7 Å². The Kier molecular flexibility index (Phi) is 8.84.